The van der Waals surface area contributed by atoms with Gasteiger partial charge in [0.15, 0.2) is 0 Å². The van der Waals surface area contributed by atoms with Crippen molar-refractivity contribution in [3.63, 3.8) is 0 Å². The summed E-state index contributed by atoms with van der Waals surface area (Å²) in [4.78, 5) is 10.4. The van der Waals surface area contributed by atoms with Gasteiger partial charge < -0.3 is 16.2 Å². The monoisotopic (exact) mass is 228 g/mol. The van der Waals surface area contributed by atoms with Crippen LogP contribution in [0.2, 0.25) is 0 Å². The highest BCUT2D eigenvalue weighted by molar-refractivity contribution is 5.79. The second-order valence-electron chi connectivity index (χ2n) is 3.13. The molecule has 90 valence electrons. The van der Waals surface area contributed by atoms with Gasteiger partial charge in [0.1, 0.15) is 0 Å². The molecule has 4 N–H and O–H groups in total. The highest BCUT2D eigenvalue weighted by Gasteiger charge is 2.25. The number of primary amides is 1. The van der Waals surface area contributed by atoms with Gasteiger partial charge in [0.2, 0.25) is 5.91 Å². The Balaban J connectivity index is 3.29. The molecule has 0 aromatic carbocycles. The maximum Gasteiger partial charge on any atom is 0.389 e. The van der Waals surface area contributed by atoms with Crippen LogP contribution >= 0.6 is 0 Å². The molecule has 0 fully saturated rings. The summed E-state index contributed by atoms with van der Waals surface area (Å²) in [5, 5.41) is 0. The van der Waals surface area contributed by atoms with E-state index in [0.29, 0.717) is 0 Å². The highest BCUT2D eigenvalue weighted by atomic mass is 19.4. The van der Waals surface area contributed by atoms with Crippen molar-refractivity contribution in [2.24, 2.45) is 11.5 Å². The average Bonchev–Trinajstić information content (AvgIpc) is 2.08. The second kappa shape index (κ2) is 6.62. The molecule has 0 spiro atoms. The molecule has 0 aliphatic heterocycles. The molecule has 1 atom stereocenters. The van der Waals surface area contributed by atoms with Crippen LogP contribution in [0.3, 0.4) is 0 Å². The normalized spacial score (nSPS) is 13.9. The smallest absolute Gasteiger partial charge is 0.381 e. The van der Waals surface area contributed by atoms with E-state index in [-0.39, 0.29) is 26.1 Å². The van der Waals surface area contributed by atoms with Gasteiger partial charge in [-0.3, -0.25) is 4.79 Å². The molecule has 0 rings (SSSR count). The van der Waals surface area contributed by atoms with E-state index >= 15 is 0 Å². The van der Waals surface area contributed by atoms with Gasteiger partial charge in [0.05, 0.1) is 6.04 Å². The summed E-state index contributed by atoms with van der Waals surface area (Å²) in [6, 6.07) is -0.799. The van der Waals surface area contributed by atoms with Crippen molar-refractivity contribution < 1.29 is 22.7 Å². The highest BCUT2D eigenvalue weighted by Crippen LogP contribution is 2.20. The number of alkyl halides is 3. The van der Waals surface area contributed by atoms with Crippen LogP contribution in [0, 0.1) is 0 Å². The summed E-state index contributed by atoms with van der Waals surface area (Å²) < 4.78 is 39.8. The number of hydrogen-bond donors (Lipinski definition) is 2. The molecular weight excluding hydrogens is 213 g/mol. The van der Waals surface area contributed by atoms with Crippen molar-refractivity contribution in [3.05, 3.63) is 0 Å². The van der Waals surface area contributed by atoms with Crippen molar-refractivity contribution in [2.45, 2.75) is 31.5 Å². The fraction of sp³-hybridized carbons (Fsp3) is 0.875. The first-order valence-corrected chi connectivity index (χ1v) is 4.52. The maximum atomic E-state index is 11.7. The maximum absolute atomic E-state index is 11.7. The zero-order valence-electron chi connectivity index (χ0n) is 8.22. The van der Waals surface area contributed by atoms with Crippen LogP contribution in [0.25, 0.3) is 0 Å². The van der Waals surface area contributed by atoms with E-state index in [1.165, 1.54) is 0 Å². The zero-order chi connectivity index (χ0) is 11.9. The third-order valence-electron chi connectivity index (χ3n) is 1.69. The van der Waals surface area contributed by atoms with E-state index in [0.717, 1.165) is 0 Å². The predicted octanol–water partition coefficient (Wildman–Crippen LogP) is 0.548. The number of amides is 1. The molecule has 4 nitrogen and oxygen atoms in total. The Morgan fingerprint density at radius 1 is 1.33 bits per heavy atom. The van der Waals surface area contributed by atoms with E-state index in [2.05, 4.69) is 0 Å². The largest absolute Gasteiger partial charge is 0.389 e. The second-order valence-corrected chi connectivity index (χ2v) is 3.13. The van der Waals surface area contributed by atoms with Gasteiger partial charge in [-0.25, -0.2) is 0 Å². The lowest BCUT2D eigenvalue weighted by molar-refractivity contribution is -0.137. The SMILES string of the molecule is NC(=O)C(N)CCOCCCC(F)(F)F. The Kier molecular flexibility index (Phi) is 6.26. The van der Waals surface area contributed by atoms with Gasteiger partial charge in [-0.2, -0.15) is 13.2 Å². The first kappa shape index (κ1) is 14.2. The number of carbonyl (C=O) groups is 1. The van der Waals surface area contributed by atoms with Gasteiger partial charge in [-0.15, -0.1) is 0 Å². The summed E-state index contributed by atoms with van der Waals surface area (Å²) >= 11 is 0. The van der Waals surface area contributed by atoms with E-state index in [1.807, 2.05) is 0 Å². The van der Waals surface area contributed by atoms with Crippen LogP contribution in [0.1, 0.15) is 19.3 Å². The summed E-state index contributed by atoms with van der Waals surface area (Å²) in [7, 11) is 0. The summed E-state index contributed by atoms with van der Waals surface area (Å²) in [6.07, 6.45) is -4.88. The Labute approximate surface area is 85.7 Å². The van der Waals surface area contributed by atoms with Crippen LogP contribution in [-0.2, 0) is 9.53 Å². The van der Waals surface area contributed by atoms with Gasteiger partial charge in [0.25, 0.3) is 0 Å². The molecule has 0 radical (unpaired) electrons. The summed E-state index contributed by atoms with van der Waals surface area (Å²) in [6.45, 7) is 0.146. The number of ether oxygens (including phenoxy) is 1. The molecule has 0 heterocycles. The molecule has 15 heavy (non-hydrogen) atoms. The van der Waals surface area contributed by atoms with Crippen LogP contribution in [0.4, 0.5) is 13.2 Å². The van der Waals surface area contributed by atoms with E-state index in [9.17, 15) is 18.0 Å². The van der Waals surface area contributed by atoms with E-state index in [1.54, 1.807) is 0 Å². The number of rotatable bonds is 7. The molecule has 1 unspecified atom stereocenters. The standard InChI is InChI=1S/C8H15F3N2O2/c9-8(10,11)3-1-4-15-5-2-6(12)7(13)14/h6H,1-5,12H2,(H2,13,14). The van der Waals surface area contributed by atoms with Crippen molar-refractivity contribution >= 4 is 5.91 Å². The molecule has 0 aromatic heterocycles. The fourth-order valence-corrected chi connectivity index (χ4v) is 0.829. The molecule has 0 bridgehead atoms. The molecule has 0 aliphatic carbocycles. The quantitative estimate of drug-likeness (QED) is 0.624. The third-order valence-corrected chi connectivity index (χ3v) is 1.69. The molecule has 7 heteroatoms. The first-order valence-electron chi connectivity index (χ1n) is 4.52. The summed E-state index contributed by atoms with van der Waals surface area (Å²) in [5.74, 6) is -0.645. The lowest BCUT2D eigenvalue weighted by Crippen LogP contribution is -2.37. The number of halogens is 3. The lowest BCUT2D eigenvalue weighted by atomic mass is 10.2. The van der Waals surface area contributed by atoms with Crippen molar-refractivity contribution in [1.29, 1.82) is 0 Å². The van der Waals surface area contributed by atoms with Crippen LogP contribution in [-0.4, -0.2) is 31.3 Å². The van der Waals surface area contributed by atoms with Crippen LogP contribution < -0.4 is 11.5 Å². The first-order chi connectivity index (χ1) is 6.83. The van der Waals surface area contributed by atoms with Crippen molar-refractivity contribution in [3.8, 4) is 0 Å². The minimum absolute atomic E-state index is 0.00495. The topological polar surface area (TPSA) is 78.3 Å². The molecular formula is C8H15F3N2O2. The fourth-order valence-electron chi connectivity index (χ4n) is 0.829. The third kappa shape index (κ3) is 9.48. The Hall–Kier alpha value is -0.820. The van der Waals surface area contributed by atoms with Crippen LogP contribution in [0.15, 0.2) is 0 Å². The number of hydrogen-bond acceptors (Lipinski definition) is 3. The van der Waals surface area contributed by atoms with E-state index in [4.69, 9.17) is 16.2 Å². The van der Waals surface area contributed by atoms with Gasteiger partial charge in [-0.05, 0) is 12.8 Å². The van der Waals surface area contributed by atoms with Gasteiger partial charge >= 0.3 is 6.18 Å². The Morgan fingerprint density at radius 3 is 2.40 bits per heavy atom. The minimum atomic E-state index is -4.15. The summed E-state index contributed by atoms with van der Waals surface area (Å²) in [5.41, 5.74) is 10.1. The van der Waals surface area contributed by atoms with E-state index < -0.39 is 24.5 Å². The average molecular weight is 228 g/mol. The number of carbonyl (C=O) groups excluding carboxylic acids is 1. The van der Waals surface area contributed by atoms with Gasteiger partial charge in [0, 0.05) is 19.6 Å². The Morgan fingerprint density at radius 2 is 1.93 bits per heavy atom. The van der Waals surface area contributed by atoms with Crippen molar-refractivity contribution in [1.82, 2.24) is 0 Å². The molecule has 0 aliphatic rings. The molecule has 1 amide bonds. The zero-order valence-corrected chi connectivity index (χ0v) is 8.22. The van der Waals surface area contributed by atoms with Crippen LogP contribution in [0.5, 0.6) is 0 Å². The number of nitrogens with two attached hydrogens (primary N) is 2. The minimum Gasteiger partial charge on any atom is -0.381 e. The molecule has 0 saturated heterocycles. The van der Waals surface area contributed by atoms with Gasteiger partial charge in [-0.1, -0.05) is 0 Å². The van der Waals surface area contributed by atoms with Crippen molar-refractivity contribution in [2.75, 3.05) is 13.2 Å². The Bertz CT molecular complexity index is 197. The lowest BCUT2D eigenvalue weighted by Gasteiger charge is -2.08. The predicted molar refractivity (Wildman–Crippen MR) is 47.9 cm³/mol. The molecule has 0 saturated carbocycles. The molecule has 0 aromatic rings.